The number of aliphatic hydroxyl groups excluding tert-OH is 1. The maximum atomic E-state index is 14.9. The summed E-state index contributed by atoms with van der Waals surface area (Å²) in [5, 5.41) is 20.1. The first-order valence-electron chi connectivity index (χ1n) is 17.0. The summed E-state index contributed by atoms with van der Waals surface area (Å²) in [5.41, 5.74) is 1.61. The number of ether oxygens (including phenoxy) is 2. The van der Waals surface area contributed by atoms with Crippen LogP contribution in [0, 0.1) is 5.92 Å². The Morgan fingerprint density at radius 3 is 1.86 bits per heavy atom. The van der Waals surface area contributed by atoms with Crippen LogP contribution in [-0.2, 0) is 38.4 Å². The monoisotopic (exact) mass is 688 g/mol. The molecule has 11 heteroatoms. The third-order valence-electron chi connectivity index (χ3n) is 7.84. The van der Waals surface area contributed by atoms with Crippen LogP contribution in [0.4, 0.5) is 9.59 Å². The summed E-state index contributed by atoms with van der Waals surface area (Å²) in [6, 6.07) is 24.8. The molecule has 3 aromatic carbocycles. The van der Waals surface area contributed by atoms with Crippen molar-refractivity contribution >= 4 is 24.0 Å². The van der Waals surface area contributed by atoms with Crippen LogP contribution in [0.15, 0.2) is 91.0 Å². The minimum Gasteiger partial charge on any atom is -0.467 e. The van der Waals surface area contributed by atoms with E-state index in [1.54, 1.807) is 32.9 Å². The van der Waals surface area contributed by atoms with Crippen LogP contribution in [0.2, 0.25) is 0 Å². The Balaban J connectivity index is 2.09. The first-order valence-corrected chi connectivity index (χ1v) is 17.0. The molecule has 0 saturated heterocycles. The third kappa shape index (κ3) is 13.2. The van der Waals surface area contributed by atoms with Crippen molar-refractivity contribution in [2.24, 2.45) is 5.92 Å². The number of hydrogen-bond acceptors (Lipinski definition) is 7. The summed E-state index contributed by atoms with van der Waals surface area (Å²) in [6.07, 6.45) is -2.96. The van der Waals surface area contributed by atoms with E-state index < -0.39 is 54.0 Å². The molecule has 0 aliphatic carbocycles. The lowest BCUT2D eigenvalue weighted by molar-refractivity contribution is -0.159. The fourth-order valence-corrected chi connectivity index (χ4v) is 5.51. The van der Waals surface area contributed by atoms with Crippen LogP contribution in [0.5, 0.6) is 0 Å². The van der Waals surface area contributed by atoms with Crippen molar-refractivity contribution in [3.05, 3.63) is 108 Å². The molecule has 0 bridgehead atoms. The van der Waals surface area contributed by atoms with Crippen molar-refractivity contribution in [3.63, 3.8) is 0 Å². The highest BCUT2D eigenvalue weighted by atomic mass is 16.6. The van der Waals surface area contributed by atoms with E-state index in [2.05, 4.69) is 16.0 Å². The number of aliphatic hydroxyl groups is 1. The fraction of sp³-hybridized carbons (Fsp3) is 0.436. The summed E-state index contributed by atoms with van der Waals surface area (Å²) in [7, 11) is 1.21. The summed E-state index contributed by atoms with van der Waals surface area (Å²) >= 11 is 0. The lowest BCUT2D eigenvalue weighted by atomic mass is 9.97. The number of amides is 4. The quantitative estimate of drug-likeness (QED) is 0.117. The highest BCUT2D eigenvalue weighted by Gasteiger charge is 2.43. The second-order valence-corrected chi connectivity index (χ2v) is 13.7. The number of methoxy groups -OCH3 is 1. The Bertz CT molecular complexity index is 1500. The molecule has 0 heterocycles. The molecular formula is C39H52N4O7. The predicted molar refractivity (Wildman–Crippen MR) is 192 cm³/mol. The molecule has 4 N–H and O–H groups in total. The van der Waals surface area contributed by atoms with Gasteiger partial charge in [0.05, 0.1) is 13.2 Å². The van der Waals surface area contributed by atoms with Crippen LogP contribution in [-0.4, -0.2) is 71.1 Å². The molecule has 4 amide bonds. The molecule has 50 heavy (non-hydrogen) atoms. The van der Waals surface area contributed by atoms with E-state index in [4.69, 9.17) is 9.47 Å². The molecule has 1 unspecified atom stereocenters. The molecule has 0 spiro atoms. The number of nitrogens with zero attached hydrogens (tertiary/aromatic N) is 1. The van der Waals surface area contributed by atoms with Crippen molar-refractivity contribution in [3.8, 4) is 0 Å². The summed E-state index contributed by atoms with van der Waals surface area (Å²) < 4.78 is 10.8. The number of aryl methyl sites for hydroxylation is 1. The largest absolute Gasteiger partial charge is 0.467 e. The molecule has 0 aliphatic rings. The van der Waals surface area contributed by atoms with Crippen LogP contribution in [0.3, 0.4) is 0 Å². The van der Waals surface area contributed by atoms with Crippen LogP contribution in [0.25, 0.3) is 0 Å². The number of nitrogens with one attached hydrogen (secondary N) is 3. The van der Waals surface area contributed by atoms with Gasteiger partial charge in [-0.3, -0.25) is 10.1 Å². The van der Waals surface area contributed by atoms with E-state index in [-0.39, 0.29) is 31.7 Å². The molecule has 0 aliphatic heterocycles. The molecule has 3 rings (SSSR count). The Morgan fingerprint density at radius 1 is 0.800 bits per heavy atom. The van der Waals surface area contributed by atoms with Gasteiger partial charge in [0.2, 0.25) is 5.91 Å². The molecule has 11 nitrogen and oxygen atoms in total. The average molecular weight is 689 g/mol. The van der Waals surface area contributed by atoms with Crippen molar-refractivity contribution in [1.82, 2.24) is 20.9 Å². The average Bonchev–Trinajstić information content (AvgIpc) is 3.08. The topological polar surface area (TPSA) is 146 Å². The first kappa shape index (κ1) is 39.5. The van der Waals surface area contributed by atoms with Gasteiger partial charge in [-0.05, 0) is 62.6 Å². The maximum Gasteiger partial charge on any atom is 0.409 e. The summed E-state index contributed by atoms with van der Waals surface area (Å²) in [6.45, 7) is 9.11. The van der Waals surface area contributed by atoms with E-state index in [1.807, 2.05) is 92.7 Å². The Labute approximate surface area is 295 Å². The summed E-state index contributed by atoms with van der Waals surface area (Å²) in [5.74, 6) is -1.50. The number of carbonyl (C=O) groups excluding carboxylic acids is 4. The van der Waals surface area contributed by atoms with Crippen molar-refractivity contribution in [2.75, 3.05) is 7.11 Å². The maximum absolute atomic E-state index is 14.9. The zero-order valence-corrected chi connectivity index (χ0v) is 29.9. The predicted octanol–water partition coefficient (Wildman–Crippen LogP) is 5.36. The highest BCUT2D eigenvalue weighted by Crippen LogP contribution is 2.22. The zero-order chi connectivity index (χ0) is 36.7. The normalized spacial score (nSPS) is 13.7. The van der Waals surface area contributed by atoms with Crippen LogP contribution in [0.1, 0.15) is 64.2 Å². The van der Waals surface area contributed by atoms with Gasteiger partial charge in [0.15, 0.2) is 0 Å². The van der Waals surface area contributed by atoms with Crippen molar-refractivity contribution in [1.29, 1.82) is 0 Å². The van der Waals surface area contributed by atoms with E-state index in [0.717, 1.165) is 16.0 Å². The fourth-order valence-electron chi connectivity index (χ4n) is 5.51. The van der Waals surface area contributed by atoms with Gasteiger partial charge < -0.3 is 30.1 Å². The van der Waals surface area contributed by atoms with Crippen molar-refractivity contribution < 1.29 is 33.8 Å². The molecule has 0 aromatic heterocycles. The van der Waals surface area contributed by atoms with Gasteiger partial charge in [-0.15, -0.1) is 0 Å². The van der Waals surface area contributed by atoms with Gasteiger partial charge >= 0.3 is 18.1 Å². The number of rotatable bonds is 16. The lowest BCUT2D eigenvalue weighted by Crippen LogP contribution is -2.66. The van der Waals surface area contributed by atoms with Crippen LogP contribution < -0.4 is 16.0 Å². The minimum atomic E-state index is -1.45. The van der Waals surface area contributed by atoms with Gasteiger partial charge in [0, 0.05) is 13.0 Å². The molecule has 0 saturated carbocycles. The minimum absolute atomic E-state index is 0.00571. The number of esters is 1. The number of carbonyl (C=O) groups is 4. The van der Waals surface area contributed by atoms with Gasteiger partial charge in [-0.25, -0.2) is 14.4 Å². The van der Waals surface area contributed by atoms with Crippen molar-refractivity contribution in [2.45, 2.75) is 96.8 Å². The van der Waals surface area contributed by atoms with Gasteiger partial charge in [0.25, 0.3) is 0 Å². The first-order chi connectivity index (χ1) is 23.8. The van der Waals surface area contributed by atoms with E-state index >= 15 is 0 Å². The molecule has 3 aromatic rings. The second kappa shape index (κ2) is 19.3. The van der Waals surface area contributed by atoms with E-state index in [0.29, 0.717) is 12.0 Å². The van der Waals surface area contributed by atoms with Crippen LogP contribution >= 0.6 is 0 Å². The third-order valence-corrected chi connectivity index (χ3v) is 7.84. The van der Waals surface area contributed by atoms with E-state index in [9.17, 15) is 24.3 Å². The molecule has 0 radical (unpaired) electrons. The lowest BCUT2D eigenvalue weighted by Gasteiger charge is -2.41. The number of urea groups is 1. The molecule has 270 valence electrons. The van der Waals surface area contributed by atoms with E-state index in [1.165, 1.54) is 7.11 Å². The Morgan fingerprint density at radius 2 is 1.34 bits per heavy atom. The number of alkyl carbamates (subject to hydrolysis) is 1. The number of hydrogen-bond donors (Lipinski definition) is 4. The Kier molecular flexibility index (Phi) is 15.3. The van der Waals surface area contributed by atoms with Gasteiger partial charge in [0.1, 0.15) is 23.9 Å². The highest BCUT2D eigenvalue weighted by molar-refractivity contribution is 5.91. The second-order valence-electron chi connectivity index (χ2n) is 13.7. The number of benzene rings is 3. The molecule has 0 fully saturated rings. The SMILES string of the molecule is COC(=O)[C@H](Cc1ccccc1)N(C(=O)[C@H](CC(C)C)NC(=O)NCc1ccccc1)C(NC(=O)OC(C)(C)C)[C@@H](O)CCc1ccccc1. The summed E-state index contributed by atoms with van der Waals surface area (Å²) in [4.78, 5) is 56.3. The smallest absolute Gasteiger partial charge is 0.409 e. The molecular weight excluding hydrogens is 636 g/mol. The molecule has 4 atom stereocenters. The standard InChI is InChI=1S/C39H52N4O7/c1-27(2)24-31(41-37(47)40-26-30-20-14-9-15-21-30)35(45)43(32(36(46)49-6)25-29-18-12-8-13-19-29)34(42-38(48)50-39(3,4)5)33(44)23-22-28-16-10-7-11-17-28/h7-21,27,31-34,44H,22-26H2,1-6H3,(H,42,48)(H2,40,41,47)/t31-,32-,33-,34?/m0/s1. The van der Waals surface area contributed by atoms with Gasteiger partial charge in [-0.1, -0.05) is 105 Å². The van der Waals surface area contributed by atoms with Gasteiger partial charge in [-0.2, -0.15) is 0 Å². The Hall–Kier alpha value is -4.90. The zero-order valence-electron chi connectivity index (χ0n) is 29.9.